The summed E-state index contributed by atoms with van der Waals surface area (Å²) in [5, 5.41) is 6.31. The molecule has 26 heavy (non-hydrogen) atoms. The molecule has 0 saturated carbocycles. The standard InChI is InChI=1S/C20H28N2O4/c1-13(12-18(23)25-5)21-16-10-11-17(15-9-7-6-8-14(15)16)22-19(24)26-20(2,3)4/h6-9,11,13,16,21H,10,12H2,1-5H3,(H,22,24). The summed E-state index contributed by atoms with van der Waals surface area (Å²) in [7, 11) is 1.39. The van der Waals surface area contributed by atoms with Crippen molar-refractivity contribution in [2.24, 2.45) is 0 Å². The molecule has 2 atom stereocenters. The Kier molecular flexibility index (Phi) is 6.42. The molecule has 2 unspecified atom stereocenters. The number of carbonyl (C=O) groups excluding carboxylic acids is 2. The number of ether oxygens (including phenoxy) is 2. The first-order valence-corrected chi connectivity index (χ1v) is 8.82. The Morgan fingerprint density at radius 2 is 1.96 bits per heavy atom. The second-order valence-corrected chi connectivity index (χ2v) is 7.47. The fraction of sp³-hybridized carbons (Fsp3) is 0.500. The lowest BCUT2D eigenvalue weighted by Crippen LogP contribution is -2.36. The van der Waals surface area contributed by atoms with Gasteiger partial charge in [0.05, 0.1) is 13.5 Å². The normalized spacial score (nSPS) is 17.6. The molecule has 1 amide bonds. The summed E-state index contributed by atoms with van der Waals surface area (Å²) in [6.07, 6.45) is 2.52. The van der Waals surface area contributed by atoms with Crippen LogP contribution in [0.4, 0.5) is 4.79 Å². The highest BCUT2D eigenvalue weighted by Crippen LogP contribution is 2.32. The Labute approximate surface area is 154 Å². The zero-order valence-electron chi connectivity index (χ0n) is 16.1. The minimum atomic E-state index is -0.549. The van der Waals surface area contributed by atoms with Gasteiger partial charge < -0.3 is 14.8 Å². The molecule has 0 aromatic heterocycles. The van der Waals surface area contributed by atoms with Crippen molar-refractivity contribution in [1.29, 1.82) is 0 Å². The topological polar surface area (TPSA) is 76.7 Å². The predicted molar refractivity (Wildman–Crippen MR) is 100 cm³/mol. The quantitative estimate of drug-likeness (QED) is 0.786. The number of hydrogen-bond acceptors (Lipinski definition) is 5. The maximum Gasteiger partial charge on any atom is 0.412 e. The molecule has 6 heteroatoms. The molecule has 0 bridgehead atoms. The number of alkyl carbamates (subject to hydrolysis) is 1. The van der Waals surface area contributed by atoms with Crippen LogP contribution in [-0.2, 0) is 14.3 Å². The van der Waals surface area contributed by atoms with Crippen LogP contribution in [0.25, 0.3) is 5.70 Å². The molecule has 0 fully saturated rings. The minimum Gasteiger partial charge on any atom is -0.469 e. The molecule has 1 aromatic rings. The third kappa shape index (κ3) is 5.59. The van der Waals surface area contributed by atoms with Crippen molar-refractivity contribution in [3.05, 3.63) is 41.5 Å². The number of hydrogen-bond donors (Lipinski definition) is 2. The van der Waals surface area contributed by atoms with Crippen LogP contribution in [-0.4, -0.2) is 30.8 Å². The zero-order chi connectivity index (χ0) is 19.3. The van der Waals surface area contributed by atoms with E-state index < -0.39 is 11.7 Å². The van der Waals surface area contributed by atoms with Gasteiger partial charge in [0.15, 0.2) is 0 Å². The van der Waals surface area contributed by atoms with Crippen molar-refractivity contribution in [3.63, 3.8) is 0 Å². The summed E-state index contributed by atoms with van der Waals surface area (Å²) >= 11 is 0. The van der Waals surface area contributed by atoms with Gasteiger partial charge in [-0.05, 0) is 39.7 Å². The molecular formula is C20H28N2O4. The number of nitrogens with one attached hydrogen (secondary N) is 2. The fourth-order valence-corrected chi connectivity index (χ4v) is 2.94. The van der Waals surface area contributed by atoms with Gasteiger partial charge in [-0.3, -0.25) is 10.1 Å². The van der Waals surface area contributed by atoms with E-state index in [1.165, 1.54) is 7.11 Å². The highest BCUT2D eigenvalue weighted by Gasteiger charge is 2.25. The van der Waals surface area contributed by atoms with E-state index in [2.05, 4.69) is 10.6 Å². The third-order valence-corrected chi connectivity index (χ3v) is 4.01. The monoisotopic (exact) mass is 360 g/mol. The van der Waals surface area contributed by atoms with Gasteiger partial charge in [-0.25, -0.2) is 4.79 Å². The number of fused-ring (bicyclic) bond motifs is 1. The molecule has 1 aliphatic carbocycles. The Morgan fingerprint density at radius 1 is 1.27 bits per heavy atom. The number of amides is 1. The van der Waals surface area contributed by atoms with E-state index in [0.29, 0.717) is 12.8 Å². The van der Waals surface area contributed by atoms with E-state index in [-0.39, 0.29) is 18.1 Å². The summed E-state index contributed by atoms with van der Waals surface area (Å²) in [4.78, 5) is 23.6. The Balaban J connectivity index is 2.11. The Hall–Kier alpha value is -2.34. The average molecular weight is 360 g/mol. The summed E-state index contributed by atoms with van der Waals surface area (Å²) in [6, 6.07) is 7.95. The van der Waals surface area contributed by atoms with Gasteiger partial charge in [0.25, 0.3) is 0 Å². The van der Waals surface area contributed by atoms with Gasteiger partial charge in [-0.2, -0.15) is 0 Å². The molecule has 0 radical (unpaired) electrons. The van der Waals surface area contributed by atoms with Gasteiger partial charge in [-0.1, -0.05) is 30.3 Å². The summed E-state index contributed by atoms with van der Waals surface area (Å²) in [6.45, 7) is 7.45. The SMILES string of the molecule is COC(=O)CC(C)NC1CC=C(NC(=O)OC(C)(C)C)c2ccccc21. The van der Waals surface area contributed by atoms with Crippen LogP contribution in [0.3, 0.4) is 0 Å². The third-order valence-electron chi connectivity index (χ3n) is 4.01. The Bertz CT molecular complexity index is 691. The number of rotatable bonds is 5. The number of benzene rings is 1. The van der Waals surface area contributed by atoms with Crippen molar-refractivity contribution in [2.75, 3.05) is 7.11 Å². The first-order chi connectivity index (χ1) is 12.2. The van der Waals surface area contributed by atoms with Crippen LogP contribution in [0.1, 0.15) is 57.7 Å². The van der Waals surface area contributed by atoms with Gasteiger partial charge in [0, 0.05) is 23.3 Å². The van der Waals surface area contributed by atoms with Crippen LogP contribution in [0, 0.1) is 0 Å². The van der Waals surface area contributed by atoms with E-state index in [0.717, 1.165) is 16.8 Å². The highest BCUT2D eigenvalue weighted by atomic mass is 16.6. The molecule has 2 rings (SSSR count). The van der Waals surface area contributed by atoms with Crippen molar-refractivity contribution in [1.82, 2.24) is 10.6 Å². The molecule has 6 nitrogen and oxygen atoms in total. The molecule has 142 valence electrons. The van der Waals surface area contributed by atoms with Gasteiger partial charge >= 0.3 is 12.1 Å². The molecule has 0 saturated heterocycles. The van der Waals surface area contributed by atoms with E-state index in [4.69, 9.17) is 9.47 Å². The van der Waals surface area contributed by atoms with Crippen molar-refractivity contribution in [2.45, 2.75) is 58.2 Å². The lowest BCUT2D eigenvalue weighted by molar-refractivity contribution is -0.141. The lowest BCUT2D eigenvalue weighted by atomic mass is 9.90. The molecule has 2 N–H and O–H groups in total. The zero-order valence-corrected chi connectivity index (χ0v) is 16.1. The van der Waals surface area contributed by atoms with Crippen LogP contribution in [0.5, 0.6) is 0 Å². The van der Waals surface area contributed by atoms with Gasteiger partial charge in [-0.15, -0.1) is 0 Å². The van der Waals surface area contributed by atoms with Gasteiger partial charge in [0.2, 0.25) is 0 Å². The minimum absolute atomic E-state index is 0.0192. The molecule has 0 spiro atoms. The Morgan fingerprint density at radius 3 is 2.62 bits per heavy atom. The van der Waals surface area contributed by atoms with E-state index >= 15 is 0 Å². The maximum absolute atomic E-state index is 12.1. The van der Waals surface area contributed by atoms with E-state index in [1.807, 2.05) is 58.0 Å². The van der Waals surface area contributed by atoms with Crippen LogP contribution < -0.4 is 10.6 Å². The summed E-state index contributed by atoms with van der Waals surface area (Å²) < 4.78 is 10.1. The van der Waals surface area contributed by atoms with Crippen molar-refractivity contribution in [3.8, 4) is 0 Å². The van der Waals surface area contributed by atoms with Crippen LogP contribution in [0.15, 0.2) is 30.3 Å². The summed E-state index contributed by atoms with van der Waals surface area (Å²) in [5.41, 5.74) is 2.23. The fourth-order valence-electron chi connectivity index (χ4n) is 2.94. The molecule has 0 heterocycles. The second kappa shape index (κ2) is 8.36. The predicted octanol–water partition coefficient (Wildman–Crippen LogP) is 3.54. The highest BCUT2D eigenvalue weighted by molar-refractivity contribution is 5.83. The van der Waals surface area contributed by atoms with Gasteiger partial charge in [0.1, 0.15) is 5.60 Å². The number of methoxy groups -OCH3 is 1. The second-order valence-electron chi connectivity index (χ2n) is 7.47. The largest absolute Gasteiger partial charge is 0.469 e. The van der Waals surface area contributed by atoms with E-state index in [1.54, 1.807) is 0 Å². The number of esters is 1. The first-order valence-electron chi connectivity index (χ1n) is 8.82. The van der Waals surface area contributed by atoms with E-state index in [9.17, 15) is 9.59 Å². The molecular weight excluding hydrogens is 332 g/mol. The maximum atomic E-state index is 12.1. The molecule has 1 aromatic carbocycles. The average Bonchev–Trinajstić information content (AvgIpc) is 2.55. The number of carbonyl (C=O) groups is 2. The van der Waals surface area contributed by atoms with Crippen molar-refractivity contribution >= 4 is 17.8 Å². The van der Waals surface area contributed by atoms with Crippen LogP contribution >= 0.6 is 0 Å². The smallest absolute Gasteiger partial charge is 0.412 e. The molecule has 0 aliphatic heterocycles. The first kappa shape index (κ1) is 20.0. The lowest BCUT2D eigenvalue weighted by Gasteiger charge is -2.29. The van der Waals surface area contributed by atoms with Crippen LogP contribution in [0.2, 0.25) is 0 Å². The summed E-state index contributed by atoms with van der Waals surface area (Å²) in [5.74, 6) is -0.239. The molecule has 1 aliphatic rings. The van der Waals surface area contributed by atoms with Crippen molar-refractivity contribution < 1.29 is 19.1 Å².